The lowest BCUT2D eigenvalue weighted by atomic mass is 10.0. The van der Waals surface area contributed by atoms with Crippen molar-refractivity contribution in [1.82, 2.24) is 20.1 Å². The van der Waals surface area contributed by atoms with Crippen LogP contribution in [-0.4, -0.2) is 47.1 Å². The van der Waals surface area contributed by atoms with Crippen molar-refractivity contribution in [3.8, 4) is 11.3 Å². The number of benzene rings is 1. The lowest BCUT2D eigenvalue weighted by molar-refractivity contribution is 0.250. The Morgan fingerprint density at radius 1 is 1.17 bits per heavy atom. The molecule has 156 valence electrons. The van der Waals surface area contributed by atoms with Crippen LogP contribution < -0.4 is 5.32 Å². The smallest absolute Gasteiger partial charge is 0.170 e. The zero-order valence-corrected chi connectivity index (χ0v) is 19.0. The molecule has 0 bridgehead atoms. The molecule has 0 aliphatic carbocycles. The fourth-order valence-electron chi connectivity index (χ4n) is 3.61. The summed E-state index contributed by atoms with van der Waals surface area (Å²) in [5, 5.41) is 5.27. The van der Waals surface area contributed by atoms with Crippen molar-refractivity contribution in [3.05, 3.63) is 76.2 Å². The van der Waals surface area contributed by atoms with Crippen molar-refractivity contribution >= 4 is 40.5 Å². The van der Waals surface area contributed by atoms with Crippen LogP contribution in [0.1, 0.15) is 23.5 Å². The molecule has 1 saturated heterocycles. The van der Waals surface area contributed by atoms with Crippen LogP contribution >= 0.6 is 35.4 Å². The van der Waals surface area contributed by atoms with Crippen molar-refractivity contribution < 1.29 is 4.42 Å². The lowest BCUT2D eigenvalue weighted by Gasteiger charge is -2.27. The largest absolute Gasteiger partial charge is 0.459 e. The molecule has 0 spiro atoms. The summed E-state index contributed by atoms with van der Waals surface area (Å²) in [6, 6.07) is 15.0. The molecule has 4 rings (SSSR count). The van der Waals surface area contributed by atoms with E-state index < -0.39 is 0 Å². The van der Waals surface area contributed by atoms with E-state index in [1.165, 1.54) is 0 Å². The number of hydrogen-bond acceptors (Lipinski definition) is 4. The average Bonchev–Trinajstić information content (AvgIpc) is 3.31. The second-order valence-corrected chi connectivity index (χ2v) is 8.68. The van der Waals surface area contributed by atoms with Crippen LogP contribution in [0.2, 0.25) is 10.0 Å². The van der Waals surface area contributed by atoms with Gasteiger partial charge in [0.2, 0.25) is 0 Å². The maximum atomic E-state index is 6.39. The third-order valence-electron chi connectivity index (χ3n) is 5.10. The number of nitrogens with one attached hydrogen (secondary N) is 1. The second-order valence-electron chi connectivity index (χ2n) is 7.45. The predicted octanol–water partition coefficient (Wildman–Crippen LogP) is 5.18. The van der Waals surface area contributed by atoms with Gasteiger partial charge in [0.05, 0.1) is 16.8 Å². The van der Waals surface area contributed by atoms with Crippen molar-refractivity contribution in [2.45, 2.75) is 12.1 Å². The zero-order valence-electron chi connectivity index (χ0n) is 16.7. The molecule has 5 nitrogen and oxygen atoms in total. The molecule has 0 unspecified atom stereocenters. The van der Waals surface area contributed by atoms with Crippen LogP contribution in [0.15, 0.2) is 59.1 Å². The summed E-state index contributed by atoms with van der Waals surface area (Å²) < 4.78 is 6.30. The minimum atomic E-state index is -0.118. The number of pyridine rings is 1. The van der Waals surface area contributed by atoms with Gasteiger partial charge in [-0.25, -0.2) is 0 Å². The Hall–Kier alpha value is -2.12. The number of furan rings is 1. The van der Waals surface area contributed by atoms with Gasteiger partial charge in [-0.2, -0.15) is 0 Å². The summed E-state index contributed by atoms with van der Waals surface area (Å²) in [5.41, 5.74) is 1.72. The van der Waals surface area contributed by atoms with Crippen LogP contribution in [0, 0.1) is 0 Å². The molecule has 1 aromatic carbocycles. The molecule has 1 aliphatic rings. The van der Waals surface area contributed by atoms with Crippen LogP contribution in [0.25, 0.3) is 11.3 Å². The van der Waals surface area contributed by atoms with E-state index in [0.29, 0.717) is 20.9 Å². The number of nitrogens with zero attached hydrogens (tertiary/aromatic N) is 3. The van der Waals surface area contributed by atoms with Gasteiger partial charge in [-0.1, -0.05) is 29.3 Å². The first-order chi connectivity index (χ1) is 14.4. The standard InChI is InChI=1S/C22H22Cl2N4OS/c1-27(2)11-12-28-21(20(26-22(28)30)17-5-3-4-10-25-17)19-9-8-18(29-19)15-7-6-14(23)13-16(15)24/h3-10,13,20-21H,11-12H2,1-2H3,(H,26,30)/t20-,21+/m0/s1. The monoisotopic (exact) mass is 460 g/mol. The zero-order chi connectivity index (χ0) is 21.3. The Labute approximate surface area is 191 Å². The van der Waals surface area contributed by atoms with Gasteiger partial charge in [0, 0.05) is 29.9 Å². The summed E-state index contributed by atoms with van der Waals surface area (Å²) in [6.07, 6.45) is 1.79. The maximum Gasteiger partial charge on any atom is 0.170 e. The summed E-state index contributed by atoms with van der Waals surface area (Å²) in [6.45, 7) is 1.63. The van der Waals surface area contributed by atoms with E-state index in [0.717, 1.165) is 30.1 Å². The van der Waals surface area contributed by atoms with Crippen molar-refractivity contribution in [2.24, 2.45) is 0 Å². The topological polar surface area (TPSA) is 44.5 Å². The number of likely N-dealkylation sites (N-methyl/N-ethyl adjacent to an activating group) is 1. The van der Waals surface area contributed by atoms with E-state index in [2.05, 4.69) is 20.1 Å². The fourth-order valence-corrected chi connectivity index (χ4v) is 4.44. The Morgan fingerprint density at radius 2 is 2.00 bits per heavy atom. The molecule has 3 heterocycles. The first-order valence-corrected chi connectivity index (χ1v) is 10.8. The predicted molar refractivity (Wildman–Crippen MR) is 125 cm³/mol. The first-order valence-electron chi connectivity index (χ1n) is 9.62. The van der Waals surface area contributed by atoms with E-state index in [9.17, 15) is 0 Å². The molecule has 1 N–H and O–H groups in total. The van der Waals surface area contributed by atoms with E-state index >= 15 is 0 Å². The van der Waals surface area contributed by atoms with Gasteiger partial charge < -0.3 is 19.5 Å². The van der Waals surface area contributed by atoms with Gasteiger partial charge >= 0.3 is 0 Å². The number of halogens is 2. The Balaban J connectivity index is 1.71. The minimum absolute atomic E-state index is 0.111. The summed E-state index contributed by atoms with van der Waals surface area (Å²) in [5.74, 6) is 1.49. The molecule has 3 aromatic rings. The molecule has 1 aliphatic heterocycles. The maximum absolute atomic E-state index is 6.39. The SMILES string of the molecule is CN(C)CCN1C(=S)N[C@@H](c2ccccn2)[C@H]1c1ccc(-c2ccc(Cl)cc2Cl)o1. The Morgan fingerprint density at radius 3 is 2.70 bits per heavy atom. The highest BCUT2D eigenvalue weighted by Crippen LogP contribution is 2.41. The normalized spacial score (nSPS) is 18.8. The van der Waals surface area contributed by atoms with E-state index in [4.69, 9.17) is 39.8 Å². The van der Waals surface area contributed by atoms with Crippen molar-refractivity contribution in [1.29, 1.82) is 0 Å². The molecule has 0 saturated carbocycles. The molecule has 8 heteroatoms. The third kappa shape index (κ3) is 4.32. The second kappa shape index (κ2) is 8.94. The van der Waals surface area contributed by atoms with Crippen molar-refractivity contribution in [2.75, 3.05) is 27.2 Å². The highest BCUT2D eigenvalue weighted by molar-refractivity contribution is 7.80. The van der Waals surface area contributed by atoms with Gasteiger partial charge in [0.25, 0.3) is 0 Å². The van der Waals surface area contributed by atoms with Gasteiger partial charge in [-0.15, -0.1) is 0 Å². The number of rotatable bonds is 6. The fraction of sp³-hybridized carbons (Fsp3) is 0.273. The van der Waals surface area contributed by atoms with Crippen LogP contribution in [-0.2, 0) is 0 Å². The highest BCUT2D eigenvalue weighted by atomic mass is 35.5. The van der Waals surface area contributed by atoms with Crippen LogP contribution in [0.3, 0.4) is 0 Å². The van der Waals surface area contributed by atoms with Gasteiger partial charge in [0.1, 0.15) is 17.6 Å². The quantitative estimate of drug-likeness (QED) is 0.511. The van der Waals surface area contributed by atoms with Crippen molar-refractivity contribution in [3.63, 3.8) is 0 Å². The number of hydrogen-bond donors (Lipinski definition) is 1. The first kappa shape index (κ1) is 21.1. The Kier molecular flexibility index (Phi) is 6.29. The molecule has 0 amide bonds. The number of thiocarbonyl (C=S) groups is 1. The summed E-state index contributed by atoms with van der Waals surface area (Å²) in [7, 11) is 4.09. The molecular weight excluding hydrogens is 439 g/mol. The third-order valence-corrected chi connectivity index (χ3v) is 6.00. The Bertz CT molecular complexity index is 1040. The highest BCUT2D eigenvalue weighted by Gasteiger charge is 2.41. The number of aromatic nitrogens is 1. The molecule has 2 atom stereocenters. The van der Waals surface area contributed by atoms with Crippen LogP contribution in [0.5, 0.6) is 0 Å². The van der Waals surface area contributed by atoms with Gasteiger partial charge in [0.15, 0.2) is 5.11 Å². The molecule has 1 fully saturated rings. The van der Waals surface area contributed by atoms with Crippen LogP contribution in [0.4, 0.5) is 0 Å². The molecule has 2 aromatic heterocycles. The summed E-state index contributed by atoms with van der Waals surface area (Å²) >= 11 is 18.1. The lowest BCUT2D eigenvalue weighted by Crippen LogP contribution is -2.35. The molecule has 0 radical (unpaired) electrons. The minimum Gasteiger partial charge on any atom is -0.459 e. The average molecular weight is 461 g/mol. The molecular formula is C22H22Cl2N4OS. The van der Waals surface area contributed by atoms with E-state index in [1.54, 1.807) is 18.3 Å². The van der Waals surface area contributed by atoms with Gasteiger partial charge in [-0.05, 0) is 68.8 Å². The van der Waals surface area contributed by atoms with Gasteiger partial charge in [-0.3, -0.25) is 4.98 Å². The summed E-state index contributed by atoms with van der Waals surface area (Å²) in [4.78, 5) is 8.85. The van der Waals surface area contributed by atoms with E-state index in [-0.39, 0.29) is 12.1 Å². The molecule has 30 heavy (non-hydrogen) atoms. The van der Waals surface area contributed by atoms with E-state index in [1.807, 2.05) is 50.5 Å².